The van der Waals surface area contributed by atoms with Crippen molar-refractivity contribution < 1.29 is 13.9 Å². The van der Waals surface area contributed by atoms with Crippen molar-refractivity contribution in [2.24, 2.45) is 0 Å². The zero-order valence-corrected chi connectivity index (χ0v) is 18.7. The summed E-state index contributed by atoms with van der Waals surface area (Å²) >= 11 is 0. The first-order chi connectivity index (χ1) is 16.8. The normalized spacial score (nSPS) is 20.8. The molecule has 168 valence electrons. The predicted molar refractivity (Wildman–Crippen MR) is 130 cm³/mol. The monoisotopic (exact) mass is 448 g/mol. The van der Waals surface area contributed by atoms with Crippen LogP contribution in [0.5, 0.6) is 0 Å². The Morgan fingerprint density at radius 3 is 2.53 bits per heavy atom. The topological polar surface area (TPSA) is 55.6 Å². The van der Waals surface area contributed by atoms with Crippen molar-refractivity contribution in [1.82, 2.24) is 9.88 Å². The van der Waals surface area contributed by atoms with E-state index in [4.69, 9.17) is 9.15 Å². The van der Waals surface area contributed by atoms with Gasteiger partial charge in [0.25, 0.3) is 0 Å². The Balaban J connectivity index is 1.11. The molecule has 2 aliphatic heterocycles. The lowest BCUT2D eigenvalue weighted by Crippen LogP contribution is -2.43. The van der Waals surface area contributed by atoms with Gasteiger partial charge < -0.3 is 9.15 Å². The van der Waals surface area contributed by atoms with Gasteiger partial charge in [-0.2, -0.15) is 0 Å². The highest BCUT2D eigenvalue weighted by Gasteiger charge is 2.41. The summed E-state index contributed by atoms with van der Waals surface area (Å²) in [6, 6.07) is 23.3. The van der Waals surface area contributed by atoms with Crippen molar-refractivity contribution in [2.45, 2.75) is 37.3 Å². The summed E-state index contributed by atoms with van der Waals surface area (Å²) in [6.07, 6.45) is 6.34. The summed E-state index contributed by atoms with van der Waals surface area (Å²) in [5, 5.41) is 0. The zero-order valence-electron chi connectivity index (χ0n) is 18.7. The second kappa shape index (κ2) is 7.59. The Morgan fingerprint density at radius 1 is 1.00 bits per heavy atom. The van der Waals surface area contributed by atoms with Gasteiger partial charge in [0.2, 0.25) is 0 Å². The molecule has 1 saturated heterocycles. The molecule has 1 aromatic heterocycles. The van der Waals surface area contributed by atoms with Gasteiger partial charge in [-0.15, -0.1) is 0 Å². The molecule has 0 spiro atoms. The molecule has 1 amide bonds. The number of carbonyl (C=O) groups excluding carboxylic acids is 1. The zero-order chi connectivity index (χ0) is 22.6. The number of amides is 1. The molecule has 3 aliphatic rings. The molecule has 0 saturated carbocycles. The number of fused-ring (bicyclic) bond motifs is 6. The maximum absolute atomic E-state index is 13.3. The Hall–Kier alpha value is -3.86. The SMILES string of the molecule is O=C(OCC1c2ccccc2-c2ccccc21)N1C2C=C(c3ccc4ocnc4c3)CC1CC2. The van der Waals surface area contributed by atoms with Gasteiger partial charge >= 0.3 is 6.09 Å². The summed E-state index contributed by atoms with van der Waals surface area (Å²) in [6.45, 7) is 0.363. The van der Waals surface area contributed by atoms with E-state index in [9.17, 15) is 4.79 Å². The third-order valence-corrected chi connectivity index (χ3v) is 7.64. The fourth-order valence-electron chi connectivity index (χ4n) is 6.05. The van der Waals surface area contributed by atoms with Crippen LogP contribution in [0.15, 0.2) is 83.6 Å². The van der Waals surface area contributed by atoms with E-state index < -0.39 is 0 Å². The fraction of sp³-hybridized carbons (Fsp3) is 0.241. The predicted octanol–water partition coefficient (Wildman–Crippen LogP) is 6.40. The van der Waals surface area contributed by atoms with Crippen LogP contribution < -0.4 is 0 Å². The third-order valence-electron chi connectivity index (χ3n) is 7.64. The van der Waals surface area contributed by atoms with Gasteiger partial charge in [0.15, 0.2) is 12.0 Å². The molecular formula is C29H24N2O3. The maximum atomic E-state index is 13.3. The van der Waals surface area contributed by atoms with Crippen LogP contribution in [-0.4, -0.2) is 34.7 Å². The summed E-state index contributed by atoms with van der Waals surface area (Å²) in [5.41, 5.74) is 9.06. The summed E-state index contributed by atoms with van der Waals surface area (Å²) < 4.78 is 11.4. The number of oxazole rings is 1. The second-order valence-corrected chi connectivity index (χ2v) is 9.44. The number of hydrogen-bond donors (Lipinski definition) is 0. The minimum atomic E-state index is -0.198. The number of aromatic nitrogens is 1. The van der Waals surface area contributed by atoms with Gasteiger partial charge in [0.1, 0.15) is 12.1 Å². The number of ether oxygens (including phenoxy) is 1. The first-order valence-corrected chi connectivity index (χ1v) is 11.9. The Kier molecular flexibility index (Phi) is 4.37. The van der Waals surface area contributed by atoms with Gasteiger partial charge in [-0.1, -0.05) is 60.7 Å². The van der Waals surface area contributed by atoms with Crippen molar-refractivity contribution in [3.8, 4) is 11.1 Å². The number of rotatable bonds is 3. The third kappa shape index (κ3) is 3.00. The average Bonchev–Trinajstić information content (AvgIpc) is 3.54. The summed E-state index contributed by atoms with van der Waals surface area (Å²) in [7, 11) is 0. The molecule has 2 unspecified atom stereocenters. The molecule has 3 aromatic carbocycles. The van der Waals surface area contributed by atoms with Crippen LogP contribution in [0.25, 0.3) is 27.8 Å². The lowest BCUT2D eigenvalue weighted by atomic mass is 9.95. The Morgan fingerprint density at radius 2 is 1.76 bits per heavy atom. The van der Waals surface area contributed by atoms with Gasteiger partial charge in [-0.3, -0.25) is 4.90 Å². The molecule has 5 nitrogen and oxygen atoms in total. The maximum Gasteiger partial charge on any atom is 0.410 e. The van der Waals surface area contributed by atoms with Crippen molar-refractivity contribution in [1.29, 1.82) is 0 Å². The highest BCUT2D eigenvalue weighted by molar-refractivity contribution is 5.82. The fourth-order valence-corrected chi connectivity index (χ4v) is 6.05. The largest absolute Gasteiger partial charge is 0.448 e. The van der Waals surface area contributed by atoms with Crippen LogP contribution in [0, 0.1) is 0 Å². The smallest absolute Gasteiger partial charge is 0.410 e. The Labute approximate surface area is 197 Å². The van der Waals surface area contributed by atoms with Crippen LogP contribution in [-0.2, 0) is 4.74 Å². The summed E-state index contributed by atoms with van der Waals surface area (Å²) in [4.78, 5) is 19.5. The lowest BCUT2D eigenvalue weighted by molar-refractivity contribution is 0.0866. The highest BCUT2D eigenvalue weighted by Crippen LogP contribution is 2.45. The molecule has 3 heterocycles. The van der Waals surface area contributed by atoms with Crippen LogP contribution in [0.1, 0.15) is 41.9 Å². The van der Waals surface area contributed by atoms with Crippen LogP contribution in [0.4, 0.5) is 4.79 Å². The molecule has 5 heteroatoms. The van der Waals surface area contributed by atoms with E-state index in [1.807, 2.05) is 11.0 Å². The molecule has 2 bridgehead atoms. The molecule has 7 rings (SSSR count). The van der Waals surface area contributed by atoms with Crippen molar-refractivity contribution in [3.05, 3.63) is 95.9 Å². The van der Waals surface area contributed by atoms with Crippen LogP contribution >= 0.6 is 0 Å². The van der Waals surface area contributed by atoms with Crippen molar-refractivity contribution in [3.63, 3.8) is 0 Å². The van der Waals surface area contributed by atoms with Gasteiger partial charge in [0.05, 0.1) is 6.04 Å². The molecule has 0 N–H and O–H groups in total. The quantitative estimate of drug-likeness (QED) is 0.364. The molecule has 2 atom stereocenters. The first kappa shape index (κ1) is 19.6. The number of hydrogen-bond acceptors (Lipinski definition) is 4. The highest BCUT2D eigenvalue weighted by atomic mass is 16.6. The minimum Gasteiger partial charge on any atom is -0.448 e. The molecule has 0 radical (unpaired) electrons. The van der Waals surface area contributed by atoms with Crippen molar-refractivity contribution in [2.75, 3.05) is 6.61 Å². The summed E-state index contributed by atoms with van der Waals surface area (Å²) in [5.74, 6) is 0.0825. The van der Waals surface area contributed by atoms with Crippen molar-refractivity contribution >= 4 is 22.8 Å². The molecule has 1 aliphatic carbocycles. The number of benzene rings is 3. The molecule has 1 fully saturated rings. The average molecular weight is 449 g/mol. The van der Waals surface area contributed by atoms with E-state index >= 15 is 0 Å². The standard InChI is InChI=1S/C29H24N2O3/c32-29(33-16-26-24-7-3-1-5-22(24)23-6-2-4-8-25(23)26)31-20-10-11-21(31)14-19(13-20)18-9-12-28-27(15-18)30-17-34-28/h1-9,12-13,15,17,20-21,26H,10-11,14,16H2. The number of nitrogens with zero attached hydrogens (tertiary/aromatic N) is 2. The minimum absolute atomic E-state index is 0.0809. The van der Waals surface area contributed by atoms with Gasteiger partial charge in [-0.25, -0.2) is 9.78 Å². The van der Waals surface area contributed by atoms with E-state index in [-0.39, 0.29) is 24.1 Å². The van der Waals surface area contributed by atoms with E-state index in [2.05, 4.69) is 71.7 Å². The lowest BCUT2D eigenvalue weighted by Gasteiger charge is -2.33. The van der Waals surface area contributed by atoms with E-state index in [0.717, 1.165) is 35.9 Å². The number of carbonyl (C=O) groups is 1. The molecule has 4 aromatic rings. The first-order valence-electron chi connectivity index (χ1n) is 11.9. The van der Waals surface area contributed by atoms with E-state index in [1.54, 1.807) is 0 Å². The van der Waals surface area contributed by atoms with E-state index in [0.29, 0.717) is 6.61 Å². The van der Waals surface area contributed by atoms with E-state index in [1.165, 1.54) is 34.2 Å². The van der Waals surface area contributed by atoms with Crippen LogP contribution in [0.2, 0.25) is 0 Å². The second-order valence-electron chi connectivity index (χ2n) is 9.44. The van der Waals surface area contributed by atoms with Gasteiger partial charge in [-0.05, 0) is 64.8 Å². The van der Waals surface area contributed by atoms with Crippen LogP contribution in [0.3, 0.4) is 0 Å². The Bertz CT molecular complexity index is 1410. The van der Waals surface area contributed by atoms with Gasteiger partial charge in [0, 0.05) is 12.0 Å². The molecular weight excluding hydrogens is 424 g/mol. The molecule has 34 heavy (non-hydrogen) atoms.